The Kier molecular flexibility index (Phi) is 2.96. The summed E-state index contributed by atoms with van der Waals surface area (Å²) in [7, 11) is 5.73. The first-order valence-corrected chi connectivity index (χ1v) is 6.24. The molecule has 0 amide bonds. The normalized spacial score (nSPS) is 17.1. The SMILES string of the molecule is [B]c1ccc2c(C(=O)C3CCOCC3)c[nH]c2c1.[HH]. The van der Waals surface area contributed by atoms with E-state index in [0.29, 0.717) is 18.7 Å². The summed E-state index contributed by atoms with van der Waals surface area (Å²) >= 11 is 0. The van der Waals surface area contributed by atoms with Gasteiger partial charge in [0.2, 0.25) is 0 Å². The Morgan fingerprint density at radius 1 is 1.39 bits per heavy atom. The molecule has 1 aromatic carbocycles. The molecule has 2 heterocycles. The zero-order valence-electron chi connectivity index (χ0n) is 10.1. The van der Waals surface area contributed by atoms with Crippen molar-refractivity contribution < 1.29 is 11.0 Å². The van der Waals surface area contributed by atoms with Crippen LogP contribution in [-0.4, -0.2) is 31.8 Å². The van der Waals surface area contributed by atoms with Gasteiger partial charge in [0.1, 0.15) is 7.85 Å². The molecule has 1 aromatic heterocycles. The quantitative estimate of drug-likeness (QED) is 0.643. The maximum absolute atomic E-state index is 12.5. The summed E-state index contributed by atoms with van der Waals surface area (Å²) in [6.07, 6.45) is 3.43. The predicted molar refractivity (Wildman–Crippen MR) is 73.7 cm³/mol. The van der Waals surface area contributed by atoms with Crippen molar-refractivity contribution in [2.75, 3.05) is 13.2 Å². The Morgan fingerprint density at radius 2 is 2.17 bits per heavy atom. The average molecular weight is 241 g/mol. The van der Waals surface area contributed by atoms with Crippen LogP contribution in [0, 0.1) is 5.92 Å². The van der Waals surface area contributed by atoms with Crippen molar-refractivity contribution in [3.63, 3.8) is 0 Å². The number of H-pyrrole nitrogens is 1. The molecule has 2 aromatic rings. The summed E-state index contributed by atoms with van der Waals surface area (Å²) in [5, 5.41) is 0.959. The fraction of sp³-hybridized carbons (Fsp3) is 0.357. The zero-order chi connectivity index (χ0) is 12.5. The Labute approximate surface area is 108 Å². The first-order valence-electron chi connectivity index (χ1n) is 6.24. The summed E-state index contributed by atoms with van der Waals surface area (Å²) in [6.45, 7) is 1.37. The molecule has 0 aliphatic carbocycles. The Hall–Kier alpha value is -1.55. The highest BCUT2D eigenvalue weighted by atomic mass is 16.5. The van der Waals surface area contributed by atoms with E-state index in [1.807, 2.05) is 18.2 Å². The minimum absolute atomic E-state index is 0. The fourth-order valence-corrected chi connectivity index (χ4v) is 2.53. The monoisotopic (exact) mass is 241 g/mol. The Balaban J connectivity index is 0.00000133. The summed E-state index contributed by atoms with van der Waals surface area (Å²) < 4.78 is 5.29. The number of aromatic amines is 1. The van der Waals surface area contributed by atoms with Crippen LogP contribution in [0.1, 0.15) is 24.6 Å². The third-order valence-corrected chi connectivity index (χ3v) is 3.56. The third kappa shape index (κ3) is 1.97. The molecule has 3 nitrogen and oxygen atoms in total. The third-order valence-electron chi connectivity index (χ3n) is 3.56. The highest BCUT2D eigenvalue weighted by molar-refractivity contribution is 6.33. The molecule has 18 heavy (non-hydrogen) atoms. The van der Waals surface area contributed by atoms with Crippen LogP contribution < -0.4 is 5.46 Å². The first kappa shape index (κ1) is 11.5. The van der Waals surface area contributed by atoms with Crippen molar-refractivity contribution in [3.8, 4) is 0 Å². The molecular weight excluding hydrogens is 225 g/mol. The molecule has 1 aliphatic rings. The van der Waals surface area contributed by atoms with E-state index in [9.17, 15) is 4.79 Å². The molecule has 4 heteroatoms. The summed E-state index contributed by atoms with van der Waals surface area (Å²) in [4.78, 5) is 15.6. The van der Waals surface area contributed by atoms with Crippen molar-refractivity contribution in [1.29, 1.82) is 0 Å². The van der Waals surface area contributed by atoms with Crippen LogP contribution >= 0.6 is 0 Å². The molecule has 1 fully saturated rings. The van der Waals surface area contributed by atoms with Crippen LogP contribution in [0.15, 0.2) is 24.4 Å². The molecule has 1 N–H and O–H groups in total. The maximum Gasteiger partial charge on any atom is 0.168 e. The van der Waals surface area contributed by atoms with Gasteiger partial charge in [-0.15, -0.1) is 0 Å². The van der Waals surface area contributed by atoms with Crippen LogP contribution in [0.25, 0.3) is 10.9 Å². The van der Waals surface area contributed by atoms with Gasteiger partial charge >= 0.3 is 0 Å². The van der Waals surface area contributed by atoms with E-state index in [4.69, 9.17) is 12.6 Å². The number of hydrogen-bond donors (Lipinski definition) is 1. The lowest BCUT2D eigenvalue weighted by atomic mass is 9.89. The van der Waals surface area contributed by atoms with Gasteiger partial charge in [-0.1, -0.05) is 17.6 Å². The molecule has 92 valence electrons. The van der Waals surface area contributed by atoms with Gasteiger partial charge in [0, 0.05) is 43.2 Å². The molecule has 0 spiro atoms. The highest BCUT2D eigenvalue weighted by Gasteiger charge is 2.24. The average Bonchev–Trinajstić information content (AvgIpc) is 2.81. The van der Waals surface area contributed by atoms with Gasteiger partial charge in [-0.05, 0) is 18.9 Å². The van der Waals surface area contributed by atoms with E-state index in [2.05, 4.69) is 4.98 Å². The molecule has 0 unspecified atom stereocenters. The number of fused-ring (bicyclic) bond motifs is 1. The number of rotatable bonds is 2. The van der Waals surface area contributed by atoms with Gasteiger partial charge in [-0.25, -0.2) is 0 Å². The van der Waals surface area contributed by atoms with Crippen LogP contribution in [0.2, 0.25) is 0 Å². The molecule has 1 saturated heterocycles. The number of hydrogen-bond acceptors (Lipinski definition) is 2. The minimum atomic E-state index is 0. The van der Waals surface area contributed by atoms with E-state index in [-0.39, 0.29) is 13.1 Å². The minimum Gasteiger partial charge on any atom is -0.381 e. The molecule has 3 rings (SSSR count). The summed E-state index contributed by atoms with van der Waals surface area (Å²) in [5.74, 6) is 0.310. The molecule has 0 bridgehead atoms. The van der Waals surface area contributed by atoms with Gasteiger partial charge < -0.3 is 9.72 Å². The van der Waals surface area contributed by atoms with Crippen molar-refractivity contribution in [2.24, 2.45) is 5.92 Å². The van der Waals surface area contributed by atoms with Gasteiger partial charge in [0.15, 0.2) is 5.78 Å². The predicted octanol–water partition coefficient (Wildman–Crippen LogP) is 1.82. The van der Waals surface area contributed by atoms with Gasteiger partial charge in [0.05, 0.1) is 0 Å². The summed E-state index contributed by atoms with van der Waals surface area (Å²) in [5.41, 5.74) is 2.40. The maximum atomic E-state index is 12.5. The Morgan fingerprint density at radius 3 is 2.94 bits per heavy atom. The lowest BCUT2D eigenvalue weighted by molar-refractivity contribution is 0.0546. The number of benzene rings is 1. The Bertz CT molecular complexity index is 590. The van der Waals surface area contributed by atoms with E-state index < -0.39 is 0 Å². The molecule has 2 radical (unpaired) electrons. The number of ether oxygens (including phenoxy) is 1. The lowest BCUT2D eigenvalue weighted by Crippen LogP contribution is -2.23. The lowest BCUT2D eigenvalue weighted by Gasteiger charge is -2.20. The fourth-order valence-electron chi connectivity index (χ4n) is 2.53. The number of Topliss-reactive ketones (excluding diaryl/α,β-unsaturated/α-hetero) is 1. The molecular formula is C14H16BNO2. The van der Waals surface area contributed by atoms with Crippen LogP contribution in [0.5, 0.6) is 0 Å². The van der Waals surface area contributed by atoms with Crippen molar-refractivity contribution in [3.05, 3.63) is 30.0 Å². The van der Waals surface area contributed by atoms with Crippen molar-refractivity contribution >= 4 is 30.0 Å². The highest BCUT2D eigenvalue weighted by Crippen LogP contribution is 2.25. The van der Waals surface area contributed by atoms with Gasteiger partial charge in [-0.3, -0.25) is 4.79 Å². The molecule has 0 saturated carbocycles. The second-order valence-corrected chi connectivity index (χ2v) is 4.76. The second kappa shape index (κ2) is 4.61. The number of aromatic nitrogens is 1. The zero-order valence-corrected chi connectivity index (χ0v) is 10.1. The van der Waals surface area contributed by atoms with Gasteiger partial charge in [-0.2, -0.15) is 0 Å². The van der Waals surface area contributed by atoms with Crippen LogP contribution in [-0.2, 0) is 4.74 Å². The number of carbonyl (C=O) groups excluding carboxylic acids is 1. The van der Waals surface area contributed by atoms with E-state index in [1.54, 1.807) is 6.20 Å². The van der Waals surface area contributed by atoms with Crippen LogP contribution in [0.3, 0.4) is 0 Å². The topological polar surface area (TPSA) is 42.1 Å². The number of carbonyl (C=O) groups is 1. The number of nitrogens with one attached hydrogen (secondary N) is 1. The van der Waals surface area contributed by atoms with E-state index in [1.165, 1.54) is 0 Å². The standard InChI is InChI=1S/C14H14BNO2.H2/c15-10-1-2-11-12(8-16-13(11)7-10)14(17)9-3-5-18-6-4-9;/h1-2,7-9,16H,3-6H2;1H. The van der Waals surface area contributed by atoms with E-state index in [0.717, 1.165) is 29.3 Å². The summed E-state index contributed by atoms with van der Waals surface area (Å²) in [6, 6.07) is 5.60. The van der Waals surface area contributed by atoms with E-state index >= 15 is 0 Å². The molecule has 0 atom stereocenters. The smallest absolute Gasteiger partial charge is 0.168 e. The largest absolute Gasteiger partial charge is 0.381 e. The number of ketones is 1. The second-order valence-electron chi connectivity index (χ2n) is 4.76. The van der Waals surface area contributed by atoms with Gasteiger partial charge in [0.25, 0.3) is 0 Å². The van der Waals surface area contributed by atoms with Crippen LogP contribution in [0.4, 0.5) is 0 Å². The van der Waals surface area contributed by atoms with Crippen molar-refractivity contribution in [2.45, 2.75) is 12.8 Å². The first-order chi connectivity index (χ1) is 8.75. The van der Waals surface area contributed by atoms with Crippen molar-refractivity contribution in [1.82, 2.24) is 4.98 Å². The molecule has 1 aliphatic heterocycles.